The lowest BCUT2D eigenvalue weighted by Gasteiger charge is -2.35. The molecule has 1 amide bonds. The summed E-state index contributed by atoms with van der Waals surface area (Å²) in [4.78, 5) is 22.9. The van der Waals surface area contributed by atoms with Gasteiger partial charge in [0.05, 0.1) is 30.5 Å². The monoisotopic (exact) mass is 370 g/mol. The van der Waals surface area contributed by atoms with Gasteiger partial charge in [-0.25, -0.2) is 14.8 Å². The SMILES string of the molecule is C[C@@H]1COCCN1c1cc(C(C)(C)NC(=O)OC(C)(C)C)nc(Cl)n1. The second-order valence-electron chi connectivity index (χ2n) is 7.75. The van der Waals surface area contributed by atoms with Crippen LogP contribution >= 0.6 is 11.6 Å². The highest BCUT2D eigenvalue weighted by atomic mass is 35.5. The molecular formula is C17H27ClN4O3. The number of aromatic nitrogens is 2. The van der Waals surface area contributed by atoms with E-state index in [1.807, 2.05) is 40.7 Å². The third-order valence-corrected chi connectivity index (χ3v) is 3.97. The first-order valence-electron chi connectivity index (χ1n) is 8.38. The molecule has 2 heterocycles. The van der Waals surface area contributed by atoms with Gasteiger partial charge in [0.1, 0.15) is 11.4 Å². The molecule has 0 aromatic carbocycles. The summed E-state index contributed by atoms with van der Waals surface area (Å²) in [6.45, 7) is 13.2. The smallest absolute Gasteiger partial charge is 0.408 e. The number of alkyl carbamates (subject to hydrolysis) is 1. The Labute approximate surface area is 154 Å². The molecule has 2 rings (SSSR count). The van der Waals surface area contributed by atoms with E-state index >= 15 is 0 Å². The Bertz CT molecular complexity index is 631. The molecule has 1 aliphatic heterocycles. The van der Waals surface area contributed by atoms with Crippen molar-refractivity contribution in [3.63, 3.8) is 0 Å². The number of ether oxygens (including phenoxy) is 2. The first-order valence-corrected chi connectivity index (χ1v) is 8.76. The van der Waals surface area contributed by atoms with E-state index in [-0.39, 0.29) is 11.3 Å². The molecule has 0 bridgehead atoms. The Morgan fingerprint density at radius 1 is 1.36 bits per heavy atom. The second kappa shape index (κ2) is 7.33. The van der Waals surface area contributed by atoms with Crippen LogP contribution in [0, 0.1) is 0 Å². The lowest BCUT2D eigenvalue weighted by Crippen LogP contribution is -2.46. The van der Waals surface area contributed by atoms with Gasteiger partial charge >= 0.3 is 6.09 Å². The number of nitrogens with zero attached hydrogens (tertiary/aromatic N) is 3. The molecule has 7 nitrogen and oxygen atoms in total. The molecule has 1 N–H and O–H groups in total. The van der Waals surface area contributed by atoms with Crippen molar-refractivity contribution in [1.82, 2.24) is 15.3 Å². The number of nitrogens with one attached hydrogen (secondary N) is 1. The maximum absolute atomic E-state index is 12.1. The molecule has 1 atom stereocenters. The van der Waals surface area contributed by atoms with Gasteiger partial charge in [-0.2, -0.15) is 0 Å². The molecular weight excluding hydrogens is 344 g/mol. The number of carbonyl (C=O) groups is 1. The van der Waals surface area contributed by atoms with Gasteiger partial charge in [-0.3, -0.25) is 0 Å². The fraction of sp³-hybridized carbons (Fsp3) is 0.706. The summed E-state index contributed by atoms with van der Waals surface area (Å²) < 4.78 is 10.8. The van der Waals surface area contributed by atoms with E-state index in [2.05, 4.69) is 27.1 Å². The van der Waals surface area contributed by atoms with Crippen LogP contribution in [0.5, 0.6) is 0 Å². The fourth-order valence-electron chi connectivity index (χ4n) is 2.56. The Kier molecular flexibility index (Phi) is 5.79. The lowest BCUT2D eigenvalue weighted by atomic mass is 10.0. The van der Waals surface area contributed by atoms with Crippen LogP contribution in [0.2, 0.25) is 5.28 Å². The summed E-state index contributed by atoms with van der Waals surface area (Å²) in [5.74, 6) is 0.727. The maximum Gasteiger partial charge on any atom is 0.408 e. The third kappa shape index (κ3) is 5.44. The number of halogens is 1. The van der Waals surface area contributed by atoms with E-state index < -0.39 is 17.2 Å². The number of carbonyl (C=O) groups excluding carboxylic acids is 1. The van der Waals surface area contributed by atoms with Crippen LogP contribution < -0.4 is 10.2 Å². The second-order valence-corrected chi connectivity index (χ2v) is 8.09. The minimum absolute atomic E-state index is 0.144. The van der Waals surface area contributed by atoms with Crippen molar-refractivity contribution in [3.05, 3.63) is 17.0 Å². The predicted octanol–water partition coefficient (Wildman–Crippen LogP) is 3.11. The molecule has 140 valence electrons. The first kappa shape index (κ1) is 19.7. The number of amides is 1. The summed E-state index contributed by atoms with van der Waals surface area (Å²) in [5, 5.41) is 2.99. The summed E-state index contributed by atoms with van der Waals surface area (Å²) in [6.07, 6.45) is -0.506. The van der Waals surface area contributed by atoms with Gasteiger partial charge in [0.25, 0.3) is 0 Å². The van der Waals surface area contributed by atoms with Crippen molar-refractivity contribution in [1.29, 1.82) is 0 Å². The summed E-state index contributed by atoms with van der Waals surface area (Å²) >= 11 is 6.14. The Balaban J connectivity index is 2.24. The molecule has 1 aliphatic rings. The summed E-state index contributed by atoms with van der Waals surface area (Å²) in [6, 6.07) is 2.04. The molecule has 1 saturated heterocycles. The van der Waals surface area contributed by atoms with Gasteiger partial charge in [-0.1, -0.05) is 0 Å². The number of hydrogen-bond donors (Lipinski definition) is 1. The van der Waals surface area contributed by atoms with Crippen molar-refractivity contribution >= 4 is 23.5 Å². The predicted molar refractivity (Wildman–Crippen MR) is 97.1 cm³/mol. The van der Waals surface area contributed by atoms with Crippen molar-refractivity contribution in [2.24, 2.45) is 0 Å². The average molecular weight is 371 g/mol. The average Bonchev–Trinajstić information content (AvgIpc) is 2.44. The highest BCUT2D eigenvalue weighted by Crippen LogP contribution is 2.26. The lowest BCUT2D eigenvalue weighted by molar-refractivity contribution is 0.0468. The van der Waals surface area contributed by atoms with E-state index in [0.717, 1.165) is 12.4 Å². The van der Waals surface area contributed by atoms with Crippen molar-refractivity contribution in [2.75, 3.05) is 24.7 Å². The Hall–Kier alpha value is -1.60. The van der Waals surface area contributed by atoms with E-state index in [4.69, 9.17) is 21.1 Å². The number of hydrogen-bond acceptors (Lipinski definition) is 6. The quantitative estimate of drug-likeness (QED) is 0.824. The molecule has 8 heteroatoms. The molecule has 0 saturated carbocycles. The molecule has 0 aliphatic carbocycles. The molecule has 25 heavy (non-hydrogen) atoms. The molecule has 1 aromatic heterocycles. The Morgan fingerprint density at radius 2 is 2.04 bits per heavy atom. The highest BCUT2D eigenvalue weighted by Gasteiger charge is 2.30. The molecule has 1 fully saturated rings. The van der Waals surface area contributed by atoms with Gasteiger partial charge in [0.15, 0.2) is 0 Å². The van der Waals surface area contributed by atoms with Crippen LogP contribution in [0.3, 0.4) is 0 Å². The van der Waals surface area contributed by atoms with Crippen molar-refractivity contribution in [3.8, 4) is 0 Å². The maximum atomic E-state index is 12.1. The minimum Gasteiger partial charge on any atom is -0.444 e. The molecule has 0 spiro atoms. The van der Waals surface area contributed by atoms with Crippen LogP contribution in [0.15, 0.2) is 6.07 Å². The largest absolute Gasteiger partial charge is 0.444 e. The normalized spacial score (nSPS) is 18.8. The molecule has 1 aromatic rings. The van der Waals surface area contributed by atoms with Gasteiger partial charge in [0, 0.05) is 12.6 Å². The fourth-order valence-corrected chi connectivity index (χ4v) is 2.74. The topological polar surface area (TPSA) is 76.6 Å². The van der Waals surface area contributed by atoms with Crippen LogP contribution in [0.4, 0.5) is 10.6 Å². The third-order valence-electron chi connectivity index (χ3n) is 3.80. The summed E-state index contributed by atoms with van der Waals surface area (Å²) in [5.41, 5.74) is -0.719. The zero-order valence-electron chi connectivity index (χ0n) is 15.7. The van der Waals surface area contributed by atoms with Gasteiger partial charge in [-0.05, 0) is 53.1 Å². The van der Waals surface area contributed by atoms with Crippen LogP contribution in [0.1, 0.15) is 47.2 Å². The van der Waals surface area contributed by atoms with Gasteiger partial charge < -0.3 is 19.7 Å². The number of anilines is 1. The first-order chi connectivity index (χ1) is 11.5. The number of morpholine rings is 1. The van der Waals surface area contributed by atoms with Gasteiger partial charge in [-0.15, -0.1) is 0 Å². The highest BCUT2D eigenvalue weighted by molar-refractivity contribution is 6.28. The van der Waals surface area contributed by atoms with E-state index in [0.29, 0.717) is 18.9 Å². The standard InChI is InChI=1S/C17H27ClN4O3/c1-11-10-24-8-7-22(11)13-9-12(19-14(18)20-13)17(5,6)21-15(23)25-16(2,3)4/h9,11H,7-8,10H2,1-6H3,(H,21,23)/t11-/m1/s1. The van der Waals surface area contributed by atoms with E-state index in [1.54, 1.807) is 0 Å². The zero-order chi connectivity index (χ0) is 18.8. The summed E-state index contributed by atoms with van der Waals surface area (Å²) in [7, 11) is 0. The number of rotatable bonds is 3. The minimum atomic E-state index is -0.765. The Morgan fingerprint density at radius 3 is 2.64 bits per heavy atom. The van der Waals surface area contributed by atoms with E-state index in [1.165, 1.54) is 0 Å². The molecule has 0 unspecified atom stereocenters. The van der Waals surface area contributed by atoms with E-state index in [9.17, 15) is 4.79 Å². The molecule has 0 radical (unpaired) electrons. The zero-order valence-corrected chi connectivity index (χ0v) is 16.5. The van der Waals surface area contributed by atoms with Crippen molar-refractivity contribution < 1.29 is 14.3 Å². The van der Waals surface area contributed by atoms with Crippen molar-refractivity contribution in [2.45, 2.75) is 58.7 Å². The van der Waals surface area contributed by atoms with Gasteiger partial charge in [0.2, 0.25) is 5.28 Å². The van der Waals surface area contributed by atoms with Crippen LogP contribution in [0.25, 0.3) is 0 Å². The van der Waals surface area contributed by atoms with Crippen LogP contribution in [-0.2, 0) is 15.0 Å². The van der Waals surface area contributed by atoms with Crippen LogP contribution in [-0.4, -0.2) is 47.5 Å².